The molecule has 2 heterocycles. The van der Waals surface area contributed by atoms with Crippen LogP contribution in [-0.4, -0.2) is 39.7 Å². The number of hydrogen-bond acceptors (Lipinski definition) is 6. The molecule has 26 heavy (non-hydrogen) atoms. The average molecular weight is 357 g/mol. The van der Waals surface area contributed by atoms with Crippen LogP contribution in [0.15, 0.2) is 42.7 Å². The number of aromatic nitrogens is 4. The lowest BCUT2D eigenvalue weighted by molar-refractivity contribution is 0.101. The second-order valence-electron chi connectivity index (χ2n) is 5.33. The van der Waals surface area contributed by atoms with E-state index in [1.165, 1.54) is 4.68 Å². The van der Waals surface area contributed by atoms with Crippen molar-refractivity contribution in [2.24, 2.45) is 7.05 Å². The predicted molar refractivity (Wildman–Crippen MR) is 93.6 cm³/mol. The summed E-state index contributed by atoms with van der Waals surface area (Å²) in [5, 5.41) is 11.0. The SMILES string of the molecule is COc1cccc(OC)c1OCn1ccc(C(=O)Nc2ccn(C)n2)n1. The van der Waals surface area contributed by atoms with Crippen molar-refractivity contribution in [1.82, 2.24) is 19.6 Å². The van der Waals surface area contributed by atoms with Crippen molar-refractivity contribution in [1.29, 1.82) is 0 Å². The Morgan fingerprint density at radius 2 is 1.81 bits per heavy atom. The third-order valence-electron chi connectivity index (χ3n) is 3.55. The summed E-state index contributed by atoms with van der Waals surface area (Å²) in [7, 11) is 4.87. The van der Waals surface area contributed by atoms with Crippen molar-refractivity contribution in [3.63, 3.8) is 0 Å². The molecule has 0 unspecified atom stereocenters. The van der Waals surface area contributed by atoms with Crippen molar-refractivity contribution in [2.45, 2.75) is 6.73 Å². The molecule has 0 aliphatic heterocycles. The smallest absolute Gasteiger partial charge is 0.277 e. The maximum absolute atomic E-state index is 12.2. The fraction of sp³-hybridized carbons (Fsp3) is 0.235. The van der Waals surface area contributed by atoms with E-state index in [-0.39, 0.29) is 18.3 Å². The van der Waals surface area contributed by atoms with Gasteiger partial charge in [0.05, 0.1) is 14.2 Å². The van der Waals surface area contributed by atoms with Crippen molar-refractivity contribution in [2.75, 3.05) is 19.5 Å². The van der Waals surface area contributed by atoms with Gasteiger partial charge in [-0.2, -0.15) is 10.2 Å². The normalized spacial score (nSPS) is 10.4. The number of rotatable bonds is 7. The molecule has 0 radical (unpaired) electrons. The van der Waals surface area contributed by atoms with Crippen molar-refractivity contribution in [3.8, 4) is 17.2 Å². The standard InChI is InChI=1S/C17H19N5O4/c1-21-9-8-15(20-21)18-17(23)12-7-10-22(19-12)11-26-16-13(24-2)5-4-6-14(16)25-3/h4-10H,11H2,1-3H3,(H,18,20,23). The number of amides is 1. The number of carbonyl (C=O) groups is 1. The molecule has 1 amide bonds. The molecule has 136 valence electrons. The molecular weight excluding hydrogens is 338 g/mol. The van der Waals surface area contributed by atoms with Gasteiger partial charge in [-0.15, -0.1) is 0 Å². The molecule has 9 nitrogen and oxygen atoms in total. The van der Waals surface area contributed by atoms with Crippen LogP contribution in [0, 0.1) is 0 Å². The molecule has 0 aliphatic carbocycles. The Morgan fingerprint density at radius 1 is 1.08 bits per heavy atom. The van der Waals surface area contributed by atoms with Gasteiger partial charge >= 0.3 is 0 Å². The molecule has 1 N–H and O–H groups in total. The zero-order valence-electron chi connectivity index (χ0n) is 14.7. The zero-order valence-corrected chi connectivity index (χ0v) is 14.7. The van der Waals surface area contributed by atoms with Gasteiger partial charge in [0.15, 0.2) is 29.7 Å². The minimum atomic E-state index is -0.350. The quantitative estimate of drug-likeness (QED) is 0.694. The molecule has 0 fully saturated rings. The minimum Gasteiger partial charge on any atom is -0.493 e. The number of methoxy groups -OCH3 is 2. The summed E-state index contributed by atoms with van der Waals surface area (Å²) in [4.78, 5) is 12.2. The number of nitrogens with one attached hydrogen (secondary N) is 1. The Bertz CT molecular complexity index is 880. The number of hydrogen-bond donors (Lipinski definition) is 1. The monoisotopic (exact) mass is 357 g/mol. The summed E-state index contributed by atoms with van der Waals surface area (Å²) >= 11 is 0. The van der Waals surface area contributed by atoms with E-state index in [1.54, 1.807) is 68.7 Å². The highest BCUT2D eigenvalue weighted by Crippen LogP contribution is 2.36. The summed E-state index contributed by atoms with van der Waals surface area (Å²) < 4.78 is 19.4. The van der Waals surface area contributed by atoms with E-state index >= 15 is 0 Å². The minimum absolute atomic E-state index is 0.0909. The molecule has 3 rings (SSSR count). The molecule has 0 spiro atoms. The highest BCUT2D eigenvalue weighted by molar-refractivity contribution is 6.02. The van der Waals surface area contributed by atoms with Crippen LogP contribution in [-0.2, 0) is 13.8 Å². The molecule has 0 saturated carbocycles. The summed E-state index contributed by atoms with van der Waals surface area (Å²) in [6, 6.07) is 8.64. The van der Waals surface area contributed by atoms with Gasteiger partial charge in [0, 0.05) is 25.5 Å². The van der Waals surface area contributed by atoms with Crippen LogP contribution < -0.4 is 19.5 Å². The van der Waals surface area contributed by atoms with Crippen molar-refractivity contribution >= 4 is 11.7 Å². The van der Waals surface area contributed by atoms with Crippen LogP contribution in [0.5, 0.6) is 17.2 Å². The van der Waals surface area contributed by atoms with E-state index in [4.69, 9.17) is 14.2 Å². The maximum atomic E-state index is 12.2. The van der Waals surface area contributed by atoms with Crippen molar-refractivity contribution < 1.29 is 19.0 Å². The van der Waals surface area contributed by atoms with Crippen LogP contribution in [0.4, 0.5) is 5.82 Å². The molecule has 0 atom stereocenters. The summed E-state index contributed by atoms with van der Waals surface area (Å²) in [6.45, 7) is 0.0909. The lowest BCUT2D eigenvalue weighted by Crippen LogP contribution is -2.15. The summed E-state index contributed by atoms with van der Waals surface area (Å²) in [5.74, 6) is 1.67. The number of nitrogens with zero attached hydrogens (tertiary/aromatic N) is 4. The number of aryl methyl sites for hydroxylation is 1. The first-order valence-corrected chi connectivity index (χ1v) is 7.79. The molecule has 2 aromatic heterocycles. The molecule has 3 aromatic rings. The van der Waals surface area contributed by atoms with Gasteiger partial charge in [-0.3, -0.25) is 9.48 Å². The highest BCUT2D eigenvalue weighted by Gasteiger charge is 2.14. The van der Waals surface area contributed by atoms with Gasteiger partial charge in [-0.25, -0.2) is 4.68 Å². The lowest BCUT2D eigenvalue weighted by atomic mass is 10.3. The van der Waals surface area contributed by atoms with Crippen LogP contribution in [0.2, 0.25) is 0 Å². The third-order valence-corrected chi connectivity index (χ3v) is 3.55. The Kier molecular flexibility index (Phi) is 5.07. The van der Waals surface area contributed by atoms with E-state index in [1.807, 2.05) is 0 Å². The van der Waals surface area contributed by atoms with Gasteiger partial charge in [0.25, 0.3) is 5.91 Å². The number of ether oxygens (including phenoxy) is 3. The highest BCUT2D eigenvalue weighted by atomic mass is 16.5. The van der Waals surface area contributed by atoms with E-state index in [9.17, 15) is 4.79 Å². The van der Waals surface area contributed by atoms with Gasteiger partial charge in [0.2, 0.25) is 5.75 Å². The second-order valence-corrected chi connectivity index (χ2v) is 5.33. The van der Waals surface area contributed by atoms with Crippen molar-refractivity contribution in [3.05, 3.63) is 48.4 Å². The topological polar surface area (TPSA) is 92.4 Å². The Morgan fingerprint density at radius 3 is 2.42 bits per heavy atom. The Labute approximate surface area is 150 Å². The van der Waals surface area contributed by atoms with Crippen LogP contribution in [0.1, 0.15) is 10.5 Å². The van der Waals surface area contributed by atoms with Gasteiger partial charge < -0.3 is 19.5 Å². The predicted octanol–water partition coefficient (Wildman–Crippen LogP) is 1.92. The van der Waals surface area contributed by atoms with Gasteiger partial charge in [0.1, 0.15) is 0 Å². The molecule has 0 saturated heterocycles. The second kappa shape index (κ2) is 7.60. The molecule has 0 bridgehead atoms. The molecule has 1 aromatic carbocycles. The third kappa shape index (κ3) is 3.77. The van der Waals surface area contributed by atoms with Crippen LogP contribution in [0.3, 0.4) is 0 Å². The maximum Gasteiger partial charge on any atom is 0.277 e. The number of benzene rings is 1. The first kappa shape index (κ1) is 17.3. The Balaban J connectivity index is 1.67. The zero-order chi connectivity index (χ0) is 18.5. The van der Waals surface area contributed by atoms with E-state index in [0.717, 1.165) is 0 Å². The van der Waals surface area contributed by atoms with E-state index in [0.29, 0.717) is 23.1 Å². The summed E-state index contributed by atoms with van der Waals surface area (Å²) in [6.07, 6.45) is 3.39. The average Bonchev–Trinajstić information content (AvgIpc) is 3.28. The number of para-hydroxylation sites is 1. The first-order chi connectivity index (χ1) is 12.6. The fourth-order valence-electron chi connectivity index (χ4n) is 2.31. The number of anilines is 1. The van der Waals surface area contributed by atoms with E-state index in [2.05, 4.69) is 15.5 Å². The Hall–Kier alpha value is -3.49. The summed E-state index contributed by atoms with van der Waals surface area (Å²) in [5.41, 5.74) is 0.256. The largest absolute Gasteiger partial charge is 0.493 e. The van der Waals surface area contributed by atoms with Gasteiger partial charge in [-0.05, 0) is 18.2 Å². The fourth-order valence-corrected chi connectivity index (χ4v) is 2.31. The van der Waals surface area contributed by atoms with Crippen LogP contribution in [0.25, 0.3) is 0 Å². The van der Waals surface area contributed by atoms with Crippen LogP contribution >= 0.6 is 0 Å². The number of carbonyl (C=O) groups excluding carboxylic acids is 1. The first-order valence-electron chi connectivity index (χ1n) is 7.79. The molecular formula is C17H19N5O4. The lowest BCUT2D eigenvalue weighted by Gasteiger charge is -2.13. The molecule has 0 aliphatic rings. The van der Waals surface area contributed by atoms with Gasteiger partial charge in [-0.1, -0.05) is 6.07 Å². The van der Waals surface area contributed by atoms with E-state index < -0.39 is 0 Å². The molecule has 9 heteroatoms.